The van der Waals surface area contributed by atoms with Crippen LogP contribution in [0.3, 0.4) is 0 Å². The van der Waals surface area contributed by atoms with Crippen LogP contribution in [0, 0.1) is 17.0 Å². The van der Waals surface area contributed by atoms with E-state index in [1.807, 2.05) is 0 Å². The van der Waals surface area contributed by atoms with E-state index in [1.54, 1.807) is 19.1 Å². The molecule has 0 atom stereocenters. The molecule has 0 fully saturated rings. The zero-order valence-corrected chi connectivity index (χ0v) is 24.6. The number of rotatable bonds is 7. The summed E-state index contributed by atoms with van der Waals surface area (Å²) in [6, 6.07) is 14.3. The van der Waals surface area contributed by atoms with Gasteiger partial charge in [-0.25, -0.2) is 0 Å². The molecule has 0 bridgehead atoms. The minimum atomic E-state index is -4.93. The summed E-state index contributed by atoms with van der Waals surface area (Å²) in [5, 5.41) is 12.5. The van der Waals surface area contributed by atoms with Gasteiger partial charge in [-0.1, -0.05) is 24.3 Å². The third-order valence-corrected chi connectivity index (χ3v) is 8.47. The summed E-state index contributed by atoms with van der Waals surface area (Å²) in [5.41, 5.74) is 6.61. The number of nitro groups is 1. The monoisotopic (exact) mass is 691 g/mol. The Morgan fingerprint density at radius 2 is 1.36 bits per heavy atom. The first-order valence-corrected chi connectivity index (χ1v) is 16.0. The maximum atomic E-state index is 12.2. The van der Waals surface area contributed by atoms with E-state index in [0.29, 0.717) is 17.8 Å². The number of benzene rings is 4. The molecule has 4 aromatic rings. The number of anilines is 1. The molecule has 0 aliphatic heterocycles. The summed E-state index contributed by atoms with van der Waals surface area (Å²) < 4.78 is 95.0. The molecule has 0 aliphatic carbocycles. The molecule has 20 heteroatoms. The number of hydrogen-bond acceptors (Lipinski definition) is 10. The van der Waals surface area contributed by atoms with Crippen LogP contribution in [0.2, 0.25) is 0 Å². The molecule has 0 spiro atoms. The third-order valence-electron chi connectivity index (χ3n) is 5.83. The van der Waals surface area contributed by atoms with Crippen molar-refractivity contribution in [2.45, 2.75) is 21.6 Å². The van der Waals surface area contributed by atoms with Crippen LogP contribution in [-0.2, 0) is 30.4 Å². The second-order valence-electron chi connectivity index (χ2n) is 8.85. The number of hydrogen-bond donors (Lipinski definition) is 5. The van der Waals surface area contributed by atoms with Crippen LogP contribution in [0.5, 0.6) is 0 Å². The minimum absolute atomic E-state index is 0. The van der Waals surface area contributed by atoms with Crippen LogP contribution in [0.15, 0.2) is 87.5 Å². The summed E-state index contributed by atoms with van der Waals surface area (Å²) in [6.07, 6.45) is 0. The van der Waals surface area contributed by atoms with E-state index in [4.69, 9.17) is 19.4 Å². The van der Waals surface area contributed by atoms with Crippen molar-refractivity contribution >= 4 is 93.9 Å². The number of amides is 2. The molecule has 0 saturated carbocycles. The molecular formula is C25H22N3NaO13S3. The number of non-ortho nitro benzene ring substituents is 1. The Balaban J connectivity index is 0.000000307. The number of primary amides is 1. The number of carbonyl (C=O) groups excluding carboxylic acids is 2. The van der Waals surface area contributed by atoms with Gasteiger partial charge >= 0.3 is 29.6 Å². The second kappa shape index (κ2) is 14.1. The van der Waals surface area contributed by atoms with Crippen molar-refractivity contribution in [3.63, 3.8) is 0 Å². The SMILES string of the molecule is Cc1ccc(C(N)=O)cc1NC(=O)c1cccc([N+](=O)[O-])c1.O=S(=O)(O)c1cc(S(=O)(=O)O)c2cccc(S(=O)(=O)O)c2c1.[NaH]. The second-order valence-corrected chi connectivity index (χ2v) is 13.1. The van der Waals surface area contributed by atoms with Crippen molar-refractivity contribution in [2.24, 2.45) is 5.73 Å². The van der Waals surface area contributed by atoms with Crippen molar-refractivity contribution < 1.29 is 53.4 Å². The van der Waals surface area contributed by atoms with Crippen molar-refractivity contribution in [2.75, 3.05) is 5.32 Å². The summed E-state index contributed by atoms with van der Waals surface area (Å²) in [6.45, 7) is 1.76. The Bertz CT molecular complexity index is 2170. The first kappa shape index (κ1) is 37.4. The summed E-state index contributed by atoms with van der Waals surface area (Å²) in [4.78, 5) is 30.8. The van der Waals surface area contributed by atoms with E-state index in [0.717, 1.165) is 23.8 Å². The average molecular weight is 692 g/mol. The first-order chi connectivity index (χ1) is 20.2. The number of nitrogens with two attached hydrogens (primary N) is 1. The predicted molar refractivity (Wildman–Crippen MR) is 161 cm³/mol. The number of nitrogens with one attached hydrogen (secondary N) is 1. The van der Waals surface area contributed by atoms with Gasteiger partial charge in [-0.3, -0.25) is 33.4 Å². The molecule has 16 nitrogen and oxygen atoms in total. The van der Waals surface area contributed by atoms with E-state index in [9.17, 15) is 45.0 Å². The van der Waals surface area contributed by atoms with Crippen molar-refractivity contribution in [3.05, 3.63) is 99.6 Å². The molecule has 4 aromatic carbocycles. The van der Waals surface area contributed by atoms with Gasteiger partial charge in [0, 0.05) is 39.7 Å². The summed E-state index contributed by atoms with van der Waals surface area (Å²) in [7, 11) is -14.6. The van der Waals surface area contributed by atoms with Gasteiger partial charge in [0.2, 0.25) is 5.91 Å². The van der Waals surface area contributed by atoms with Crippen LogP contribution in [0.1, 0.15) is 26.3 Å². The van der Waals surface area contributed by atoms with Gasteiger partial charge in [0.1, 0.15) is 9.79 Å². The van der Waals surface area contributed by atoms with Gasteiger partial charge in [-0.15, -0.1) is 0 Å². The zero-order valence-electron chi connectivity index (χ0n) is 22.1. The molecule has 6 N–H and O–H groups in total. The van der Waals surface area contributed by atoms with Crippen molar-refractivity contribution in [1.82, 2.24) is 0 Å². The number of carbonyl (C=O) groups is 2. The number of aryl methyl sites for hydroxylation is 1. The predicted octanol–water partition coefficient (Wildman–Crippen LogP) is 2.19. The third kappa shape index (κ3) is 9.36. The van der Waals surface area contributed by atoms with Gasteiger partial charge in [-0.05, 0) is 48.9 Å². The molecule has 0 unspecified atom stereocenters. The summed E-state index contributed by atoms with van der Waals surface area (Å²) >= 11 is 0. The van der Waals surface area contributed by atoms with E-state index in [-0.39, 0.29) is 51.8 Å². The van der Waals surface area contributed by atoms with Crippen molar-refractivity contribution in [1.29, 1.82) is 0 Å². The Morgan fingerprint density at radius 1 is 0.756 bits per heavy atom. The van der Waals surface area contributed by atoms with Gasteiger partial charge in [0.25, 0.3) is 41.9 Å². The van der Waals surface area contributed by atoms with Crippen LogP contribution >= 0.6 is 0 Å². The molecule has 2 amide bonds. The van der Waals surface area contributed by atoms with E-state index in [2.05, 4.69) is 5.32 Å². The molecule has 0 aromatic heterocycles. The summed E-state index contributed by atoms with van der Waals surface area (Å²) in [5.74, 6) is -1.11. The zero-order chi connectivity index (χ0) is 33.2. The molecule has 45 heavy (non-hydrogen) atoms. The van der Waals surface area contributed by atoms with E-state index >= 15 is 0 Å². The standard InChI is InChI=1S/C15H13N3O4.C10H8O9S3.Na.H/c1-9-5-6-10(14(16)19)8-13(9)17-15(20)11-3-2-4-12(7-11)18(21)22;11-20(12,13)6-4-8-7(10(5-6)22(17,18)19)2-1-3-9(8)21(14,15)16;;/h2-8H,1H3,(H2,16,19)(H,17,20);1-5H,(H,11,12,13)(H,14,15,16)(H,17,18,19);;. The number of nitrogens with zero attached hydrogens (tertiary/aromatic N) is 1. The Kier molecular flexibility index (Phi) is 11.7. The Hall–Kier alpha value is -3.79. The van der Waals surface area contributed by atoms with Crippen LogP contribution in [-0.4, -0.2) is 85.2 Å². The molecular weight excluding hydrogens is 669 g/mol. The quantitative estimate of drug-likeness (QED) is 0.0805. The normalized spacial score (nSPS) is 11.5. The van der Waals surface area contributed by atoms with Gasteiger partial charge < -0.3 is 11.1 Å². The molecule has 0 heterocycles. The average Bonchev–Trinajstić information content (AvgIpc) is 2.92. The molecule has 0 saturated heterocycles. The van der Waals surface area contributed by atoms with E-state index < -0.39 is 67.2 Å². The number of fused-ring (bicyclic) bond motifs is 1. The van der Waals surface area contributed by atoms with Gasteiger partial charge in [0.15, 0.2) is 0 Å². The number of nitro benzene ring substituents is 1. The topological polar surface area (TPSA) is 278 Å². The molecule has 234 valence electrons. The van der Waals surface area contributed by atoms with Gasteiger partial charge in [-0.2, -0.15) is 25.3 Å². The van der Waals surface area contributed by atoms with Crippen LogP contribution < -0.4 is 11.1 Å². The fraction of sp³-hybridized carbons (Fsp3) is 0.0400. The molecule has 0 radical (unpaired) electrons. The van der Waals surface area contributed by atoms with E-state index in [1.165, 1.54) is 30.3 Å². The first-order valence-electron chi connectivity index (χ1n) is 11.7. The Morgan fingerprint density at radius 3 is 1.89 bits per heavy atom. The fourth-order valence-electron chi connectivity index (χ4n) is 3.75. The van der Waals surface area contributed by atoms with Crippen molar-refractivity contribution in [3.8, 4) is 0 Å². The maximum absolute atomic E-state index is 12.2. The fourth-order valence-corrected chi connectivity index (χ4v) is 5.79. The van der Waals surface area contributed by atoms with Crippen LogP contribution in [0.4, 0.5) is 11.4 Å². The van der Waals surface area contributed by atoms with Crippen LogP contribution in [0.25, 0.3) is 10.8 Å². The molecule has 4 rings (SSSR count). The Labute approximate surface area is 277 Å². The molecule has 0 aliphatic rings. The van der Waals surface area contributed by atoms with Gasteiger partial charge in [0.05, 0.1) is 9.82 Å².